The number of H-pyrrole nitrogens is 1. The van der Waals surface area contributed by atoms with Gasteiger partial charge < -0.3 is 14.8 Å². The van der Waals surface area contributed by atoms with Gasteiger partial charge in [-0.05, 0) is 36.4 Å². The summed E-state index contributed by atoms with van der Waals surface area (Å²) in [5.74, 6) is 2.97. The summed E-state index contributed by atoms with van der Waals surface area (Å²) in [5.41, 5.74) is 3.73. The molecule has 6 heterocycles. The Kier molecular flexibility index (Phi) is 2.81. The molecule has 0 radical (unpaired) electrons. The fourth-order valence-electron chi connectivity index (χ4n) is 3.59. The van der Waals surface area contributed by atoms with Crippen molar-refractivity contribution in [3.05, 3.63) is 77.1 Å². The molecule has 0 fully saturated rings. The first-order valence-electron chi connectivity index (χ1n) is 8.58. The van der Waals surface area contributed by atoms with Gasteiger partial charge in [-0.25, -0.2) is 9.98 Å². The van der Waals surface area contributed by atoms with Gasteiger partial charge in [0.05, 0.1) is 13.1 Å². The lowest BCUT2D eigenvalue weighted by Gasteiger charge is -2.27. The van der Waals surface area contributed by atoms with Crippen LogP contribution in [0.15, 0.2) is 71.1 Å². The van der Waals surface area contributed by atoms with Gasteiger partial charge in [0.15, 0.2) is 0 Å². The van der Waals surface area contributed by atoms with E-state index in [1.54, 1.807) is 11.3 Å². The lowest BCUT2D eigenvalue weighted by Crippen LogP contribution is -2.28. The summed E-state index contributed by atoms with van der Waals surface area (Å²) < 4.78 is 0. The molecule has 0 bridgehead atoms. The summed E-state index contributed by atoms with van der Waals surface area (Å²) in [7, 11) is 0. The SMILES string of the molecule is C1=CC2=Nc3sc(C4=CN5Cc6cc[nH]c6N=C5C=C4)cc3CN2C=C1. The second-order valence-corrected chi connectivity index (χ2v) is 7.64. The minimum absolute atomic E-state index is 0.849. The molecular formula is C20H15N5S. The Morgan fingerprint density at radius 2 is 1.88 bits per heavy atom. The number of thiophene rings is 1. The molecule has 0 spiro atoms. The molecule has 26 heavy (non-hydrogen) atoms. The lowest BCUT2D eigenvalue weighted by atomic mass is 10.1. The fourth-order valence-corrected chi connectivity index (χ4v) is 4.63. The molecule has 4 aliphatic rings. The zero-order valence-electron chi connectivity index (χ0n) is 13.9. The first-order chi connectivity index (χ1) is 12.8. The van der Waals surface area contributed by atoms with Crippen LogP contribution >= 0.6 is 11.3 Å². The zero-order chi connectivity index (χ0) is 17.1. The van der Waals surface area contributed by atoms with Gasteiger partial charge in [-0.1, -0.05) is 6.08 Å². The molecule has 0 saturated carbocycles. The second kappa shape index (κ2) is 5.19. The Morgan fingerprint density at radius 3 is 2.88 bits per heavy atom. The largest absolute Gasteiger partial charge is 0.346 e. The molecule has 0 atom stereocenters. The topological polar surface area (TPSA) is 47.0 Å². The molecule has 6 heteroatoms. The first kappa shape index (κ1) is 14.1. The number of amidine groups is 2. The molecule has 0 saturated heterocycles. The number of aromatic nitrogens is 1. The predicted octanol–water partition coefficient (Wildman–Crippen LogP) is 4.46. The summed E-state index contributed by atoms with van der Waals surface area (Å²) in [6, 6.07) is 4.37. The zero-order valence-corrected chi connectivity index (χ0v) is 14.7. The molecule has 0 aliphatic carbocycles. The van der Waals surface area contributed by atoms with Crippen molar-refractivity contribution in [2.45, 2.75) is 13.1 Å². The monoisotopic (exact) mass is 357 g/mol. The highest BCUT2D eigenvalue weighted by Gasteiger charge is 2.24. The van der Waals surface area contributed by atoms with E-state index in [4.69, 9.17) is 4.99 Å². The highest BCUT2D eigenvalue weighted by Crippen LogP contribution is 2.40. The maximum atomic E-state index is 4.82. The van der Waals surface area contributed by atoms with Crippen LogP contribution in [0.4, 0.5) is 10.8 Å². The average molecular weight is 357 g/mol. The summed E-state index contributed by atoms with van der Waals surface area (Å²) in [4.78, 5) is 18.3. The summed E-state index contributed by atoms with van der Waals surface area (Å²) in [6.45, 7) is 1.73. The van der Waals surface area contributed by atoms with E-state index in [9.17, 15) is 0 Å². The van der Waals surface area contributed by atoms with E-state index in [2.05, 4.69) is 68.6 Å². The number of allylic oxidation sites excluding steroid dienone is 4. The molecular weight excluding hydrogens is 342 g/mol. The van der Waals surface area contributed by atoms with Crippen molar-refractivity contribution in [1.82, 2.24) is 14.8 Å². The molecule has 0 amide bonds. The van der Waals surface area contributed by atoms with Gasteiger partial charge in [0.2, 0.25) is 0 Å². The van der Waals surface area contributed by atoms with E-state index in [1.165, 1.54) is 21.6 Å². The van der Waals surface area contributed by atoms with Gasteiger partial charge in [-0.15, -0.1) is 11.3 Å². The molecule has 5 nitrogen and oxygen atoms in total. The maximum absolute atomic E-state index is 4.82. The van der Waals surface area contributed by atoms with Gasteiger partial charge >= 0.3 is 0 Å². The van der Waals surface area contributed by atoms with Crippen LogP contribution in [0.25, 0.3) is 5.57 Å². The van der Waals surface area contributed by atoms with Crippen molar-refractivity contribution in [3.8, 4) is 0 Å². The molecule has 6 rings (SSSR count). The molecule has 2 aromatic heterocycles. The van der Waals surface area contributed by atoms with Gasteiger partial charge in [0, 0.05) is 40.2 Å². The van der Waals surface area contributed by atoms with E-state index in [1.807, 2.05) is 12.3 Å². The van der Waals surface area contributed by atoms with Gasteiger partial charge in [0.1, 0.15) is 22.5 Å². The standard InChI is InChI=1S/C20H15N5S/c1-2-8-24-12-15-9-16(26-20(15)23-17(24)3-1)13-4-5-18-22-19-14(6-7-21-19)11-25(18)10-13/h1-10,21H,11-12H2. The van der Waals surface area contributed by atoms with Crippen LogP contribution in [-0.4, -0.2) is 26.5 Å². The normalized spacial score (nSPS) is 19.3. The summed E-state index contributed by atoms with van der Waals surface area (Å²) >= 11 is 1.76. The van der Waals surface area contributed by atoms with Crippen molar-refractivity contribution in [3.63, 3.8) is 0 Å². The van der Waals surface area contributed by atoms with Crippen LogP contribution in [0, 0.1) is 0 Å². The van der Waals surface area contributed by atoms with Crippen molar-refractivity contribution in [1.29, 1.82) is 0 Å². The molecule has 0 unspecified atom stereocenters. The Labute approximate surface area is 154 Å². The number of nitrogens with one attached hydrogen (secondary N) is 1. The van der Waals surface area contributed by atoms with Crippen LogP contribution in [0.3, 0.4) is 0 Å². The Bertz CT molecular complexity index is 1110. The smallest absolute Gasteiger partial charge is 0.137 e. The van der Waals surface area contributed by atoms with Crippen LogP contribution < -0.4 is 0 Å². The third-order valence-corrected chi connectivity index (χ3v) is 6.04. The number of hydrogen-bond acceptors (Lipinski definition) is 5. The third kappa shape index (κ3) is 2.09. The van der Waals surface area contributed by atoms with Gasteiger partial charge in [-0.2, -0.15) is 0 Å². The molecule has 4 aliphatic heterocycles. The van der Waals surface area contributed by atoms with E-state index in [-0.39, 0.29) is 0 Å². The van der Waals surface area contributed by atoms with Gasteiger partial charge in [-0.3, -0.25) is 0 Å². The number of fused-ring (bicyclic) bond motifs is 4. The van der Waals surface area contributed by atoms with Crippen molar-refractivity contribution >= 4 is 39.4 Å². The van der Waals surface area contributed by atoms with Crippen molar-refractivity contribution < 1.29 is 0 Å². The minimum atomic E-state index is 0.849. The fraction of sp³-hybridized carbons (Fsp3) is 0.100. The first-order valence-corrected chi connectivity index (χ1v) is 9.40. The number of nitrogens with zero attached hydrogens (tertiary/aromatic N) is 4. The number of hydrogen-bond donors (Lipinski definition) is 1. The lowest BCUT2D eigenvalue weighted by molar-refractivity contribution is 0.545. The number of aromatic amines is 1. The van der Waals surface area contributed by atoms with Gasteiger partial charge in [0.25, 0.3) is 0 Å². The van der Waals surface area contributed by atoms with Crippen LogP contribution in [-0.2, 0) is 13.1 Å². The highest BCUT2D eigenvalue weighted by atomic mass is 32.1. The Morgan fingerprint density at radius 1 is 0.962 bits per heavy atom. The van der Waals surface area contributed by atoms with Crippen molar-refractivity contribution in [2.24, 2.45) is 9.98 Å². The average Bonchev–Trinajstić information content (AvgIpc) is 3.29. The molecule has 126 valence electrons. The van der Waals surface area contributed by atoms with Crippen LogP contribution in [0.1, 0.15) is 16.0 Å². The molecule has 1 N–H and O–H groups in total. The van der Waals surface area contributed by atoms with Crippen LogP contribution in [0.5, 0.6) is 0 Å². The second-order valence-electron chi connectivity index (χ2n) is 6.61. The van der Waals surface area contributed by atoms with E-state index < -0.39 is 0 Å². The third-order valence-electron chi connectivity index (χ3n) is 4.92. The molecule has 2 aromatic rings. The van der Waals surface area contributed by atoms with E-state index in [0.717, 1.165) is 35.6 Å². The number of aliphatic imine (C=N–C) groups is 2. The Balaban J connectivity index is 1.35. The minimum Gasteiger partial charge on any atom is -0.346 e. The van der Waals surface area contributed by atoms with E-state index >= 15 is 0 Å². The highest BCUT2D eigenvalue weighted by molar-refractivity contribution is 7.17. The summed E-state index contributed by atoms with van der Waals surface area (Å²) in [6.07, 6.45) is 16.6. The van der Waals surface area contributed by atoms with E-state index in [0.29, 0.717) is 0 Å². The predicted molar refractivity (Wildman–Crippen MR) is 106 cm³/mol. The summed E-state index contributed by atoms with van der Waals surface area (Å²) in [5, 5.41) is 1.12. The Hall–Kier alpha value is -3.12. The van der Waals surface area contributed by atoms with Crippen molar-refractivity contribution in [2.75, 3.05) is 0 Å². The van der Waals surface area contributed by atoms with Crippen LogP contribution in [0.2, 0.25) is 0 Å². The number of rotatable bonds is 1. The maximum Gasteiger partial charge on any atom is 0.137 e. The quantitative estimate of drug-likeness (QED) is 0.819. The molecule has 0 aromatic carbocycles.